The summed E-state index contributed by atoms with van der Waals surface area (Å²) in [7, 11) is 0. The van der Waals surface area contributed by atoms with Crippen molar-refractivity contribution in [3.8, 4) is 0 Å². The van der Waals surface area contributed by atoms with Gasteiger partial charge in [0, 0.05) is 4.88 Å². The van der Waals surface area contributed by atoms with Crippen molar-refractivity contribution in [1.82, 2.24) is 5.32 Å². The van der Waals surface area contributed by atoms with E-state index in [2.05, 4.69) is 62.7 Å². The first kappa shape index (κ1) is 14.3. The topological polar surface area (TPSA) is 12.0 Å². The van der Waals surface area contributed by atoms with Gasteiger partial charge in [0.2, 0.25) is 0 Å². The maximum absolute atomic E-state index is 3.71. The summed E-state index contributed by atoms with van der Waals surface area (Å²) in [5.74, 6) is 0. The summed E-state index contributed by atoms with van der Waals surface area (Å²) in [6.07, 6.45) is 1.16. The first-order chi connectivity index (χ1) is 9.13. The minimum Gasteiger partial charge on any atom is -0.306 e. The Morgan fingerprint density at radius 2 is 1.89 bits per heavy atom. The van der Waals surface area contributed by atoms with Crippen LogP contribution >= 0.6 is 11.3 Å². The fraction of sp³-hybridized carbons (Fsp3) is 0.412. The van der Waals surface area contributed by atoms with Crippen molar-refractivity contribution >= 4 is 11.3 Å². The Balaban J connectivity index is 2.42. The monoisotopic (exact) mass is 273 g/mol. The van der Waals surface area contributed by atoms with E-state index in [0.29, 0.717) is 6.04 Å². The van der Waals surface area contributed by atoms with E-state index < -0.39 is 0 Å². The van der Waals surface area contributed by atoms with Crippen molar-refractivity contribution in [3.63, 3.8) is 0 Å². The van der Waals surface area contributed by atoms with E-state index in [1.165, 1.54) is 27.1 Å². The van der Waals surface area contributed by atoms with Crippen molar-refractivity contribution < 1.29 is 0 Å². The maximum atomic E-state index is 3.71. The summed E-state index contributed by atoms with van der Waals surface area (Å²) in [6.45, 7) is 9.85. The van der Waals surface area contributed by atoms with Crippen molar-refractivity contribution in [2.75, 3.05) is 6.54 Å². The molecule has 0 aliphatic heterocycles. The van der Waals surface area contributed by atoms with Gasteiger partial charge in [-0.3, -0.25) is 0 Å². The van der Waals surface area contributed by atoms with E-state index in [9.17, 15) is 0 Å². The van der Waals surface area contributed by atoms with Crippen LogP contribution in [0.5, 0.6) is 0 Å². The smallest absolute Gasteiger partial charge is 0.0676 e. The lowest BCUT2D eigenvalue weighted by molar-refractivity contribution is 0.601. The zero-order valence-electron chi connectivity index (χ0n) is 12.3. The normalized spacial score (nSPS) is 12.6. The molecule has 2 rings (SSSR count). The highest BCUT2D eigenvalue weighted by Crippen LogP contribution is 2.31. The van der Waals surface area contributed by atoms with Gasteiger partial charge in [-0.15, -0.1) is 11.3 Å². The van der Waals surface area contributed by atoms with Gasteiger partial charge in [0.25, 0.3) is 0 Å². The predicted molar refractivity (Wildman–Crippen MR) is 85.1 cm³/mol. The largest absolute Gasteiger partial charge is 0.306 e. The zero-order valence-corrected chi connectivity index (χ0v) is 13.1. The summed E-state index contributed by atoms with van der Waals surface area (Å²) >= 11 is 1.85. The quantitative estimate of drug-likeness (QED) is 0.828. The van der Waals surface area contributed by atoms with E-state index in [4.69, 9.17) is 0 Å². The van der Waals surface area contributed by atoms with Crippen molar-refractivity contribution in [3.05, 3.63) is 56.8 Å². The number of hydrogen-bond donors (Lipinski definition) is 1. The molecule has 2 aromatic rings. The fourth-order valence-electron chi connectivity index (χ4n) is 2.38. The summed E-state index contributed by atoms with van der Waals surface area (Å²) in [4.78, 5) is 1.45. The average molecular weight is 273 g/mol. The number of hydrogen-bond acceptors (Lipinski definition) is 2. The molecule has 0 saturated heterocycles. The second-order valence-corrected chi connectivity index (χ2v) is 6.16. The standard InChI is InChI=1S/C17H23NS/c1-5-9-18-16(17-14(4)8-10-19-17)15-11-12(2)6-7-13(15)3/h6-8,10-11,16,18H,5,9H2,1-4H3. The fourth-order valence-corrected chi connectivity index (χ4v) is 3.40. The van der Waals surface area contributed by atoms with E-state index in [-0.39, 0.29) is 0 Å². The molecule has 1 N–H and O–H groups in total. The summed E-state index contributed by atoms with van der Waals surface area (Å²) in [5.41, 5.74) is 5.50. The summed E-state index contributed by atoms with van der Waals surface area (Å²) in [5, 5.41) is 5.90. The molecule has 0 bridgehead atoms. The molecule has 0 spiro atoms. The van der Waals surface area contributed by atoms with Crippen LogP contribution < -0.4 is 5.32 Å². The zero-order chi connectivity index (χ0) is 13.8. The van der Waals surface area contributed by atoms with Crippen LogP contribution in [0.3, 0.4) is 0 Å². The number of aryl methyl sites for hydroxylation is 3. The lowest BCUT2D eigenvalue weighted by Gasteiger charge is -2.21. The van der Waals surface area contributed by atoms with Crippen LogP contribution in [0.4, 0.5) is 0 Å². The molecular weight excluding hydrogens is 250 g/mol. The highest BCUT2D eigenvalue weighted by atomic mass is 32.1. The van der Waals surface area contributed by atoms with Gasteiger partial charge >= 0.3 is 0 Å². The molecule has 1 unspecified atom stereocenters. The van der Waals surface area contributed by atoms with Gasteiger partial charge in [0.15, 0.2) is 0 Å². The van der Waals surface area contributed by atoms with Crippen molar-refractivity contribution in [2.24, 2.45) is 0 Å². The Bertz CT molecular complexity index is 542. The Labute approximate surface area is 120 Å². The molecule has 0 aliphatic carbocycles. The van der Waals surface area contributed by atoms with Gasteiger partial charge in [-0.1, -0.05) is 30.7 Å². The van der Waals surface area contributed by atoms with E-state index in [1.807, 2.05) is 11.3 Å². The average Bonchev–Trinajstić information content (AvgIpc) is 2.80. The molecule has 1 atom stereocenters. The molecule has 1 aromatic carbocycles. The Kier molecular flexibility index (Phi) is 4.78. The molecule has 0 amide bonds. The molecule has 1 nitrogen and oxygen atoms in total. The summed E-state index contributed by atoms with van der Waals surface area (Å²) in [6, 6.07) is 9.29. The van der Waals surface area contributed by atoms with Gasteiger partial charge in [0.05, 0.1) is 6.04 Å². The third-order valence-corrected chi connectivity index (χ3v) is 4.59. The Morgan fingerprint density at radius 3 is 2.53 bits per heavy atom. The molecule has 1 heterocycles. The van der Waals surface area contributed by atoms with Crippen LogP contribution in [0.1, 0.15) is 46.5 Å². The third kappa shape index (κ3) is 3.26. The van der Waals surface area contributed by atoms with Crippen LogP contribution in [0.15, 0.2) is 29.6 Å². The van der Waals surface area contributed by atoms with Crippen LogP contribution in [0, 0.1) is 20.8 Å². The minimum atomic E-state index is 0.333. The molecule has 0 radical (unpaired) electrons. The Hall–Kier alpha value is -1.12. The number of nitrogens with one attached hydrogen (secondary N) is 1. The first-order valence-corrected chi connectivity index (χ1v) is 7.86. The molecule has 0 fully saturated rings. The first-order valence-electron chi connectivity index (χ1n) is 6.98. The molecule has 102 valence electrons. The minimum absolute atomic E-state index is 0.333. The van der Waals surface area contributed by atoms with Gasteiger partial charge in [-0.05, 0) is 61.9 Å². The molecular formula is C17H23NS. The number of rotatable bonds is 5. The number of thiophene rings is 1. The van der Waals surface area contributed by atoms with Crippen LogP contribution in [-0.4, -0.2) is 6.54 Å². The SMILES string of the molecule is CCCNC(c1cc(C)ccc1C)c1sccc1C. The third-order valence-electron chi connectivity index (χ3n) is 3.51. The van der Waals surface area contributed by atoms with Gasteiger partial charge in [-0.25, -0.2) is 0 Å². The van der Waals surface area contributed by atoms with E-state index in [1.54, 1.807) is 0 Å². The lowest BCUT2D eigenvalue weighted by atomic mass is 9.96. The van der Waals surface area contributed by atoms with Crippen molar-refractivity contribution in [1.29, 1.82) is 0 Å². The Morgan fingerprint density at radius 1 is 1.11 bits per heavy atom. The van der Waals surface area contributed by atoms with Crippen LogP contribution in [0.25, 0.3) is 0 Å². The highest BCUT2D eigenvalue weighted by Gasteiger charge is 2.18. The highest BCUT2D eigenvalue weighted by molar-refractivity contribution is 7.10. The predicted octanol–water partition coefficient (Wildman–Crippen LogP) is 4.76. The molecule has 1 aromatic heterocycles. The second kappa shape index (κ2) is 6.36. The molecule has 0 saturated carbocycles. The van der Waals surface area contributed by atoms with E-state index >= 15 is 0 Å². The lowest BCUT2D eigenvalue weighted by Crippen LogP contribution is -2.23. The van der Waals surface area contributed by atoms with E-state index in [0.717, 1.165) is 13.0 Å². The van der Waals surface area contributed by atoms with Gasteiger partial charge in [-0.2, -0.15) is 0 Å². The number of benzene rings is 1. The van der Waals surface area contributed by atoms with Crippen molar-refractivity contribution in [2.45, 2.75) is 40.2 Å². The van der Waals surface area contributed by atoms with Gasteiger partial charge < -0.3 is 5.32 Å². The van der Waals surface area contributed by atoms with Crippen LogP contribution in [0.2, 0.25) is 0 Å². The molecule has 19 heavy (non-hydrogen) atoms. The maximum Gasteiger partial charge on any atom is 0.0676 e. The van der Waals surface area contributed by atoms with Crippen LogP contribution in [-0.2, 0) is 0 Å². The molecule has 2 heteroatoms. The summed E-state index contributed by atoms with van der Waals surface area (Å²) < 4.78 is 0. The van der Waals surface area contributed by atoms with Gasteiger partial charge in [0.1, 0.15) is 0 Å². The molecule has 0 aliphatic rings. The second-order valence-electron chi connectivity index (χ2n) is 5.22.